The second-order valence-electron chi connectivity index (χ2n) is 10.9. The molecule has 0 radical (unpaired) electrons. The third-order valence-electron chi connectivity index (χ3n) is 7.50. The maximum Gasteiger partial charge on any atom is 0.355 e. The Labute approximate surface area is 258 Å². The molecule has 230 valence electrons. The second kappa shape index (κ2) is 11.6. The summed E-state index contributed by atoms with van der Waals surface area (Å²) in [5.41, 5.74) is -1.12. The Morgan fingerprint density at radius 1 is 1.23 bits per heavy atom. The van der Waals surface area contributed by atoms with Crippen LogP contribution in [0.2, 0.25) is 5.02 Å². The lowest BCUT2D eigenvalue weighted by atomic mass is 10.1. The lowest BCUT2D eigenvalue weighted by Gasteiger charge is -2.40. The van der Waals surface area contributed by atoms with E-state index in [1.165, 1.54) is 36.5 Å². The van der Waals surface area contributed by atoms with Gasteiger partial charge in [0.05, 0.1) is 37.9 Å². The normalized spacial score (nSPS) is 15.7. The highest BCUT2D eigenvalue weighted by atomic mass is 35.5. The molecule has 1 N–H and O–H groups in total. The summed E-state index contributed by atoms with van der Waals surface area (Å²) in [6, 6.07) is 6.18. The fourth-order valence-electron chi connectivity index (χ4n) is 5.45. The van der Waals surface area contributed by atoms with Crippen LogP contribution in [-0.2, 0) is 14.6 Å². The van der Waals surface area contributed by atoms with Gasteiger partial charge in [0, 0.05) is 38.1 Å². The molecule has 1 fully saturated rings. The monoisotopic (exact) mass is 640 g/mol. The molecule has 0 bridgehead atoms. The van der Waals surface area contributed by atoms with Crippen LogP contribution in [0.25, 0.3) is 28.0 Å². The number of amides is 1. The van der Waals surface area contributed by atoms with Crippen molar-refractivity contribution >= 4 is 44.2 Å². The SMILES string of the molecule is C=CC(=O)N1CCN(c2nc(=O)n(-c3c(S(C)(=O)=O)ccnc3C(C)C)c3nc(-c4c(O)cccc4F)c(Cl)cc23)[C@@H](C)C1. The largest absolute Gasteiger partial charge is 0.507 e. The number of phenols is 1. The molecule has 3 aromatic heterocycles. The third-order valence-corrected chi connectivity index (χ3v) is 8.92. The fraction of sp³-hybridized carbons (Fsp3) is 0.300. The van der Waals surface area contributed by atoms with E-state index in [0.29, 0.717) is 25.3 Å². The number of carbonyl (C=O) groups is 1. The highest BCUT2D eigenvalue weighted by molar-refractivity contribution is 7.90. The van der Waals surface area contributed by atoms with Crippen LogP contribution in [0, 0.1) is 5.82 Å². The first-order valence-corrected chi connectivity index (χ1v) is 16.0. The fourth-order valence-corrected chi connectivity index (χ4v) is 6.55. The number of sulfone groups is 1. The molecule has 4 aromatic rings. The number of pyridine rings is 2. The summed E-state index contributed by atoms with van der Waals surface area (Å²) in [6.07, 6.45) is 3.60. The molecule has 0 saturated carbocycles. The molecule has 1 aliphatic heterocycles. The minimum atomic E-state index is -3.90. The summed E-state index contributed by atoms with van der Waals surface area (Å²) in [6.45, 7) is 9.95. The van der Waals surface area contributed by atoms with Gasteiger partial charge < -0.3 is 14.9 Å². The molecule has 14 heteroatoms. The Kier molecular flexibility index (Phi) is 8.21. The summed E-state index contributed by atoms with van der Waals surface area (Å²) in [5.74, 6) is -1.59. The van der Waals surface area contributed by atoms with Crippen molar-refractivity contribution in [2.75, 3.05) is 30.8 Å². The summed E-state index contributed by atoms with van der Waals surface area (Å²) in [4.78, 5) is 43.1. The number of nitrogens with zero attached hydrogens (tertiary/aromatic N) is 6. The van der Waals surface area contributed by atoms with Gasteiger partial charge in [-0.2, -0.15) is 4.98 Å². The van der Waals surface area contributed by atoms with Crippen LogP contribution in [0.4, 0.5) is 10.2 Å². The number of hydrogen-bond acceptors (Lipinski definition) is 9. The molecule has 4 heterocycles. The van der Waals surface area contributed by atoms with Crippen molar-refractivity contribution in [1.82, 2.24) is 24.4 Å². The Morgan fingerprint density at radius 2 is 1.95 bits per heavy atom. The molecule has 0 unspecified atom stereocenters. The van der Waals surface area contributed by atoms with E-state index in [0.717, 1.165) is 16.9 Å². The molecule has 1 saturated heterocycles. The van der Waals surface area contributed by atoms with E-state index in [4.69, 9.17) is 11.6 Å². The molecular formula is C30H30ClFN6O5S. The molecule has 0 aliphatic carbocycles. The Morgan fingerprint density at radius 3 is 2.57 bits per heavy atom. The lowest BCUT2D eigenvalue weighted by molar-refractivity contribution is -0.126. The van der Waals surface area contributed by atoms with Gasteiger partial charge in [0.25, 0.3) is 0 Å². The summed E-state index contributed by atoms with van der Waals surface area (Å²) in [7, 11) is -3.90. The molecule has 1 atom stereocenters. The van der Waals surface area contributed by atoms with Crippen LogP contribution in [0.1, 0.15) is 32.4 Å². The smallest absolute Gasteiger partial charge is 0.355 e. The average molecular weight is 641 g/mol. The summed E-state index contributed by atoms with van der Waals surface area (Å²) in [5, 5.41) is 10.8. The summed E-state index contributed by atoms with van der Waals surface area (Å²) < 4.78 is 42.2. The van der Waals surface area contributed by atoms with E-state index in [1.807, 2.05) is 11.8 Å². The zero-order chi connectivity index (χ0) is 32.1. The van der Waals surface area contributed by atoms with Crippen LogP contribution < -0.4 is 10.6 Å². The van der Waals surface area contributed by atoms with Gasteiger partial charge in [-0.25, -0.2) is 27.2 Å². The molecule has 5 rings (SSSR count). The average Bonchev–Trinajstić information content (AvgIpc) is 2.96. The minimum Gasteiger partial charge on any atom is -0.507 e. The number of aromatic nitrogens is 4. The Bertz CT molecular complexity index is 1980. The highest BCUT2D eigenvalue weighted by Crippen LogP contribution is 2.39. The van der Waals surface area contributed by atoms with Crippen molar-refractivity contribution in [2.24, 2.45) is 0 Å². The number of aromatic hydroxyl groups is 1. The van der Waals surface area contributed by atoms with Crippen molar-refractivity contribution in [2.45, 2.75) is 37.6 Å². The highest BCUT2D eigenvalue weighted by Gasteiger charge is 2.32. The Balaban J connectivity index is 1.90. The summed E-state index contributed by atoms with van der Waals surface area (Å²) >= 11 is 6.69. The quantitative estimate of drug-likeness (QED) is 0.309. The van der Waals surface area contributed by atoms with Gasteiger partial charge in [0.2, 0.25) is 5.91 Å². The third kappa shape index (κ3) is 5.41. The van der Waals surface area contributed by atoms with Crippen LogP contribution in [0.15, 0.2) is 58.9 Å². The predicted octanol–water partition coefficient (Wildman–Crippen LogP) is 4.09. The van der Waals surface area contributed by atoms with Gasteiger partial charge in [0.1, 0.15) is 17.4 Å². The predicted molar refractivity (Wildman–Crippen MR) is 166 cm³/mol. The first-order chi connectivity index (χ1) is 20.7. The van der Waals surface area contributed by atoms with Crippen molar-refractivity contribution in [3.8, 4) is 22.7 Å². The van der Waals surface area contributed by atoms with Crippen molar-refractivity contribution < 1.29 is 22.7 Å². The molecule has 0 spiro atoms. The van der Waals surface area contributed by atoms with E-state index in [-0.39, 0.29) is 61.6 Å². The first kappa shape index (κ1) is 31.1. The minimum absolute atomic E-state index is 0.0352. The van der Waals surface area contributed by atoms with Crippen LogP contribution >= 0.6 is 11.6 Å². The topological polar surface area (TPSA) is 139 Å². The lowest BCUT2D eigenvalue weighted by Crippen LogP contribution is -2.54. The number of phenolic OH excluding ortho intramolecular Hbond substituents is 1. The molecule has 44 heavy (non-hydrogen) atoms. The molecule has 1 aliphatic rings. The molecular weight excluding hydrogens is 611 g/mol. The standard InChI is InChI=1S/C30H30ClFN6O5S/c1-6-23(40)36-12-13-37(17(4)15-36)28-18-14-19(31)26(24-20(32)8-7-9-21(24)39)34-29(18)38(30(41)35-28)27-22(44(5,42)43)10-11-33-25(27)16(2)3/h6-11,14,16-17,39H,1,12-13,15H2,2-5H3/t17-/m0/s1. The maximum atomic E-state index is 15.1. The molecule has 1 amide bonds. The number of carbonyl (C=O) groups excluding carboxylic acids is 1. The zero-order valence-electron chi connectivity index (χ0n) is 24.5. The van der Waals surface area contributed by atoms with Crippen molar-refractivity contribution in [3.63, 3.8) is 0 Å². The number of piperazine rings is 1. The second-order valence-corrected chi connectivity index (χ2v) is 13.3. The Hall–Kier alpha value is -4.36. The molecule has 11 nitrogen and oxygen atoms in total. The van der Waals surface area contributed by atoms with Crippen molar-refractivity contribution in [1.29, 1.82) is 0 Å². The van der Waals surface area contributed by atoms with Gasteiger partial charge >= 0.3 is 5.69 Å². The number of hydrogen-bond donors (Lipinski definition) is 1. The van der Waals surface area contributed by atoms with Gasteiger partial charge in [0.15, 0.2) is 15.5 Å². The van der Waals surface area contributed by atoms with Crippen molar-refractivity contribution in [3.05, 3.63) is 76.2 Å². The zero-order valence-corrected chi connectivity index (χ0v) is 26.0. The van der Waals surface area contributed by atoms with Crippen LogP contribution in [0.5, 0.6) is 5.75 Å². The van der Waals surface area contributed by atoms with E-state index < -0.39 is 27.1 Å². The number of benzene rings is 1. The van der Waals surface area contributed by atoms with Gasteiger partial charge in [-0.05, 0) is 43.2 Å². The van der Waals surface area contributed by atoms with E-state index in [9.17, 15) is 23.1 Å². The number of fused-ring (bicyclic) bond motifs is 1. The van der Waals surface area contributed by atoms with Gasteiger partial charge in [-0.1, -0.05) is 38.1 Å². The van der Waals surface area contributed by atoms with E-state index in [1.54, 1.807) is 18.7 Å². The number of anilines is 1. The van der Waals surface area contributed by atoms with E-state index in [2.05, 4.69) is 21.5 Å². The molecule has 1 aromatic carbocycles. The number of halogens is 2. The number of rotatable bonds is 6. The first-order valence-electron chi connectivity index (χ1n) is 13.7. The van der Waals surface area contributed by atoms with Gasteiger partial charge in [-0.3, -0.25) is 9.78 Å². The maximum absolute atomic E-state index is 15.1. The van der Waals surface area contributed by atoms with Gasteiger partial charge in [-0.15, -0.1) is 0 Å². The van der Waals surface area contributed by atoms with Crippen LogP contribution in [-0.4, -0.2) is 75.8 Å². The van der Waals surface area contributed by atoms with E-state index >= 15 is 4.39 Å². The van der Waals surface area contributed by atoms with Crippen LogP contribution in [0.3, 0.4) is 0 Å².